The van der Waals surface area contributed by atoms with Crippen molar-refractivity contribution in [2.24, 2.45) is 0 Å². The molecule has 2 aliphatic rings. The summed E-state index contributed by atoms with van der Waals surface area (Å²) in [5, 5.41) is 11.6. The second kappa shape index (κ2) is 12.6. The van der Waals surface area contributed by atoms with E-state index in [1.54, 1.807) is 0 Å². The zero-order chi connectivity index (χ0) is 29.0. The van der Waals surface area contributed by atoms with Crippen molar-refractivity contribution >= 4 is 29.7 Å². The lowest BCUT2D eigenvalue weighted by Gasteiger charge is -2.32. The summed E-state index contributed by atoms with van der Waals surface area (Å²) < 4.78 is 37.7. The number of unbranched alkanes of at least 4 members (excludes halogenated alkanes) is 1. The van der Waals surface area contributed by atoms with Gasteiger partial charge in [0, 0.05) is 19.8 Å². The van der Waals surface area contributed by atoms with Crippen LogP contribution in [-0.4, -0.2) is 78.0 Å². The molecule has 222 valence electrons. The maximum Gasteiger partial charge on any atom is 0.495 e. The Morgan fingerprint density at radius 1 is 1.10 bits per heavy atom. The van der Waals surface area contributed by atoms with Crippen LogP contribution in [0.5, 0.6) is 5.75 Å². The highest BCUT2D eigenvalue weighted by Gasteiger charge is 2.52. The highest BCUT2D eigenvalue weighted by Crippen LogP contribution is 2.37. The van der Waals surface area contributed by atoms with Crippen LogP contribution < -0.4 is 15.5 Å². The average Bonchev–Trinajstić information content (AvgIpc) is 3.39. The summed E-state index contributed by atoms with van der Waals surface area (Å²) in [6.07, 6.45) is 4.07. The van der Waals surface area contributed by atoms with Crippen LogP contribution in [0.1, 0.15) is 86.8 Å². The number of nitrogens with zero attached hydrogens (tertiary/aromatic N) is 3. The molecule has 1 aromatic carbocycles. The number of nitrogens with one attached hydrogen (secondary N) is 1. The van der Waals surface area contributed by atoms with Crippen LogP contribution in [0.2, 0.25) is 0 Å². The number of rotatable bonds is 11. The third-order valence-electron chi connectivity index (χ3n) is 7.39. The standard InChI is InChI=1S/C28H45BN4O7/c1-26(2,3)38-25(34)30-13-9-11-14-35-16-17-36-22-19-20(29-39-27(4,5)28(6,7)40-29)18-21-24(22)31-32-33(21)23-12-8-10-15-37-23/h18-19,23H,8-17H2,1-7H3,(H,30,34). The van der Waals surface area contributed by atoms with Gasteiger partial charge in [-0.25, -0.2) is 9.48 Å². The maximum absolute atomic E-state index is 11.7. The molecule has 1 aromatic heterocycles. The smallest absolute Gasteiger partial charge is 0.489 e. The lowest BCUT2D eigenvalue weighted by Crippen LogP contribution is -2.41. The van der Waals surface area contributed by atoms with Crippen LogP contribution in [0.4, 0.5) is 4.79 Å². The molecule has 0 spiro atoms. The Morgan fingerprint density at radius 2 is 1.85 bits per heavy atom. The minimum absolute atomic E-state index is 0.159. The van der Waals surface area contributed by atoms with Crippen molar-refractivity contribution in [3.05, 3.63) is 12.1 Å². The lowest BCUT2D eigenvalue weighted by atomic mass is 9.78. The monoisotopic (exact) mass is 560 g/mol. The molecule has 40 heavy (non-hydrogen) atoms. The summed E-state index contributed by atoms with van der Waals surface area (Å²) in [5.41, 5.74) is 0.915. The van der Waals surface area contributed by atoms with Crippen molar-refractivity contribution in [2.75, 3.05) is 33.0 Å². The molecular formula is C28H45BN4O7. The molecule has 1 unspecified atom stereocenters. The Hall–Kier alpha value is -2.41. The number of hydrogen-bond donors (Lipinski definition) is 1. The van der Waals surface area contributed by atoms with Gasteiger partial charge in [0.25, 0.3) is 0 Å². The number of hydrogen-bond acceptors (Lipinski definition) is 9. The molecule has 0 aliphatic carbocycles. The Kier molecular flexibility index (Phi) is 9.64. The van der Waals surface area contributed by atoms with E-state index < -0.39 is 30.0 Å². The maximum atomic E-state index is 11.7. The number of aromatic nitrogens is 3. The quantitative estimate of drug-likeness (QED) is 0.320. The van der Waals surface area contributed by atoms with Crippen LogP contribution >= 0.6 is 0 Å². The summed E-state index contributed by atoms with van der Waals surface area (Å²) in [6, 6.07) is 3.94. The lowest BCUT2D eigenvalue weighted by molar-refractivity contribution is -0.0377. The van der Waals surface area contributed by atoms with Crippen LogP contribution in [-0.2, 0) is 23.5 Å². The normalized spacial score (nSPS) is 20.6. The topological polar surface area (TPSA) is 115 Å². The molecule has 2 aliphatic heterocycles. The molecule has 1 atom stereocenters. The highest BCUT2D eigenvalue weighted by atomic mass is 16.7. The van der Waals surface area contributed by atoms with Crippen molar-refractivity contribution in [2.45, 2.75) is 104 Å². The Balaban J connectivity index is 1.34. The third-order valence-corrected chi connectivity index (χ3v) is 7.39. The summed E-state index contributed by atoms with van der Waals surface area (Å²) in [6.45, 7) is 16.3. The molecular weight excluding hydrogens is 515 g/mol. The molecule has 2 aromatic rings. The van der Waals surface area contributed by atoms with E-state index in [0.29, 0.717) is 44.2 Å². The fraction of sp³-hybridized carbons (Fsp3) is 0.750. The first-order chi connectivity index (χ1) is 18.9. The molecule has 3 heterocycles. The van der Waals surface area contributed by atoms with Crippen molar-refractivity contribution in [1.82, 2.24) is 20.3 Å². The van der Waals surface area contributed by atoms with Gasteiger partial charge >= 0.3 is 13.2 Å². The van der Waals surface area contributed by atoms with Crippen molar-refractivity contribution < 1.29 is 33.1 Å². The molecule has 4 rings (SSSR count). The number of amides is 1. The van der Waals surface area contributed by atoms with E-state index in [1.807, 2.05) is 65.3 Å². The van der Waals surface area contributed by atoms with Crippen LogP contribution in [0.15, 0.2) is 12.1 Å². The number of ether oxygens (including phenoxy) is 4. The van der Waals surface area contributed by atoms with E-state index >= 15 is 0 Å². The van der Waals surface area contributed by atoms with Gasteiger partial charge < -0.3 is 33.6 Å². The number of alkyl carbamates (subject to hydrolysis) is 1. The molecule has 2 saturated heterocycles. The first-order valence-corrected chi connectivity index (χ1v) is 14.4. The van der Waals surface area contributed by atoms with Gasteiger partial charge in [0.05, 0.1) is 23.3 Å². The highest BCUT2D eigenvalue weighted by molar-refractivity contribution is 6.62. The number of carbonyl (C=O) groups excluding carboxylic acids is 1. The van der Waals surface area contributed by atoms with Gasteiger partial charge in [-0.15, -0.1) is 5.10 Å². The van der Waals surface area contributed by atoms with Gasteiger partial charge in [0.15, 0.2) is 11.7 Å². The molecule has 12 heteroatoms. The minimum atomic E-state index is -0.544. The SMILES string of the molecule is CC(C)(C)OC(=O)NCCCCOCCOc1cc(B2OC(C)(C)C(C)(C)O2)cc2c1nnn2C1CCCCO1. The zero-order valence-corrected chi connectivity index (χ0v) is 25.1. The van der Waals surface area contributed by atoms with E-state index in [1.165, 1.54) is 0 Å². The zero-order valence-electron chi connectivity index (χ0n) is 25.1. The molecule has 11 nitrogen and oxygen atoms in total. The van der Waals surface area contributed by atoms with Gasteiger partial charge in [0.1, 0.15) is 18.0 Å². The molecule has 2 fully saturated rings. The van der Waals surface area contributed by atoms with Gasteiger partial charge in [-0.3, -0.25) is 0 Å². The largest absolute Gasteiger partial charge is 0.495 e. The summed E-state index contributed by atoms with van der Waals surface area (Å²) in [7, 11) is -0.544. The fourth-order valence-electron chi connectivity index (χ4n) is 4.53. The number of carbonyl (C=O) groups is 1. The van der Waals surface area contributed by atoms with Gasteiger partial charge in [-0.2, -0.15) is 0 Å². The second-order valence-corrected chi connectivity index (χ2v) is 12.4. The minimum Gasteiger partial charge on any atom is -0.489 e. The van der Waals surface area contributed by atoms with E-state index in [4.69, 9.17) is 28.3 Å². The fourth-order valence-corrected chi connectivity index (χ4v) is 4.53. The van der Waals surface area contributed by atoms with Crippen LogP contribution in [0, 0.1) is 0 Å². The van der Waals surface area contributed by atoms with Gasteiger partial charge in [-0.1, -0.05) is 5.21 Å². The number of fused-ring (bicyclic) bond motifs is 1. The van der Waals surface area contributed by atoms with E-state index in [-0.39, 0.29) is 6.23 Å². The molecule has 0 bridgehead atoms. The Morgan fingerprint density at radius 3 is 2.52 bits per heavy atom. The average molecular weight is 561 g/mol. The first kappa shape index (κ1) is 30.6. The molecule has 1 amide bonds. The summed E-state index contributed by atoms with van der Waals surface area (Å²) in [4.78, 5) is 11.7. The summed E-state index contributed by atoms with van der Waals surface area (Å²) >= 11 is 0. The predicted molar refractivity (Wildman–Crippen MR) is 152 cm³/mol. The van der Waals surface area contributed by atoms with E-state index in [2.05, 4.69) is 15.6 Å². The Labute approximate surface area is 237 Å². The van der Waals surface area contributed by atoms with Crippen molar-refractivity contribution in [1.29, 1.82) is 0 Å². The first-order valence-electron chi connectivity index (χ1n) is 14.4. The predicted octanol–water partition coefficient (Wildman–Crippen LogP) is 4.13. The molecule has 1 N–H and O–H groups in total. The molecule has 0 radical (unpaired) electrons. The van der Waals surface area contributed by atoms with Gasteiger partial charge in [0.2, 0.25) is 0 Å². The molecule has 0 saturated carbocycles. The van der Waals surface area contributed by atoms with E-state index in [9.17, 15) is 4.79 Å². The van der Waals surface area contributed by atoms with Crippen LogP contribution in [0.25, 0.3) is 11.0 Å². The van der Waals surface area contributed by atoms with Crippen molar-refractivity contribution in [3.63, 3.8) is 0 Å². The van der Waals surface area contributed by atoms with E-state index in [0.717, 1.165) is 43.1 Å². The second-order valence-electron chi connectivity index (χ2n) is 12.4. The summed E-state index contributed by atoms with van der Waals surface area (Å²) in [5.74, 6) is 0.606. The number of benzene rings is 1. The van der Waals surface area contributed by atoms with Crippen molar-refractivity contribution in [3.8, 4) is 5.75 Å². The third kappa shape index (κ3) is 7.66. The Bertz CT molecular complexity index is 1130. The van der Waals surface area contributed by atoms with Gasteiger partial charge in [-0.05, 0) is 98.2 Å². The van der Waals surface area contributed by atoms with Crippen LogP contribution in [0.3, 0.4) is 0 Å².